The SMILES string of the molecule is CC(C)(Oc1cc(C(=O)OCCS(=O)(=O)[O-])ccc1F)c1ccccc1. The van der Waals surface area contributed by atoms with Gasteiger partial charge < -0.3 is 14.0 Å². The Morgan fingerprint density at radius 2 is 1.81 bits per heavy atom. The van der Waals surface area contributed by atoms with E-state index in [0.717, 1.165) is 11.6 Å². The van der Waals surface area contributed by atoms with E-state index in [1.165, 1.54) is 12.1 Å². The van der Waals surface area contributed by atoms with Crippen LogP contribution in [-0.2, 0) is 20.5 Å². The third kappa shape index (κ3) is 5.53. The molecule has 0 radical (unpaired) electrons. The van der Waals surface area contributed by atoms with Crippen LogP contribution in [0.2, 0.25) is 0 Å². The molecule has 2 rings (SSSR count). The molecule has 0 aliphatic rings. The molecule has 0 atom stereocenters. The Labute approximate surface area is 151 Å². The van der Waals surface area contributed by atoms with Gasteiger partial charge in [-0.1, -0.05) is 30.3 Å². The van der Waals surface area contributed by atoms with E-state index in [1.807, 2.05) is 30.3 Å². The van der Waals surface area contributed by atoms with Crippen LogP contribution in [-0.4, -0.2) is 31.3 Å². The maximum Gasteiger partial charge on any atom is 0.338 e. The normalized spacial score (nSPS) is 11.8. The van der Waals surface area contributed by atoms with Gasteiger partial charge in [0, 0.05) is 0 Å². The van der Waals surface area contributed by atoms with Crippen molar-refractivity contribution in [1.82, 2.24) is 0 Å². The molecular weight excluding hydrogens is 363 g/mol. The van der Waals surface area contributed by atoms with Crippen LogP contribution in [0.4, 0.5) is 4.39 Å². The van der Waals surface area contributed by atoms with Gasteiger partial charge in [-0.25, -0.2) is 17.6 Å². The third-order valence-electron chi connectivity index (χ3n) is 3.57. The summed E-state index contributed by atoms with van der Waals surface area (Å²) in [6, 6.07) is 12.6. The van der Waals surface area contributed by atoms with Gasteiger partial charge in [0.25, 0.3) is 0 Å². The summed E-state index contributed by atoms with van der Waals surface area (Å²) in [5.74, 6) is -2.52. The number of carbonyl (C=O) groups excluding carboxylic acids is 1. The second kappa shape index (κ2) is 7.84. The van der Waals surface area contributed by atoms with Crippen LogP contribution in [0, 0.1) is 5.82 Å². The molecule has 8 heteroatoms. The Bertz CT molecular complexity index is 878. The molecule has 0 amide bonds. The van der Waals surface area contributed by atoms with Crippen LogP contribution in [0.1, 0.15) is 29.8 Å². The molecule has 0 heterocycles. The molecule has 140 valence electrons. The van der Waals surface area contributed by atoms with Gasteiger partial charge in [-0.3, -0.25) is 0 Å². The van der Waals surface area contributed by atoms with Gasteiger partial charge >= 0.3 is 5.97 Å². The van der Waals surface area contributed by atoms with Gasteiger partial charge in [0.1, 0.15) is 12.2 Å². The first kappa shape index (κ1) is 19.9. The average Bonchev–Trinajstić information content (AvgIpc) is 2.56. The van der Waals surface area contributed by atoms with E-state index in [9.17, 15) is 22.2 Å². The highest BCUT2D eigenvalue weighted by Gasteiger charge is 2.24. The summed E-state index contributed by atoms with van der Waals surface area (Å²) in [7, 11) is -4.48. The first-order chi connectivity index (χ1) is 12.1. The lowest BCUT2D eigenvalue weighted by Crippen LogP contribution is -2.25. The van der Waals surface area contributed by atoms with E-state index in [1.54, 1.807) is 13.8 Å². The van der Waals surface area contributed by atoms with Crippen molar-refractivity contribution in [2.45, 2.75) is 19.4 Å². The second-order valence-corrected chi connectivity index (χ2v) is 7.54. The number of ether oxygens (including phenoxy) is 2. The van der Waals surface area contributed by atoms with Crippen molar-refractivity contribution in [3.05, 3.63) is 65.5 Å². The quantitative estimate of drug-likeness (QED) is 0.541. The molecular formula is C18H18FO6S-. The lowest BCUT2D eigenvalue weighted by molar-refractivity contribution is 0.0525. The first-order valence-electron chi connectivity index (χ1n) is 7.73. The number of hydrogen-bond donors (Lipinski definition) is 0. The van der Waals surface area contributed by atoms with E-state index in [2.05, 4.69) is 0 Å². The summed E-state index contributed by atoms with van der Waals surface area (Å²) >= 11 is 0. The van der Waals surface area contributed by atoms with Crippen LogP contribution >= 0.6 is 0 Å². The van der Waals surface area contributed by atoms with E-state index in [4.69, 9.17) is 9.47 Å². The van der Waals surface area contributed by atoms with Crippen molar-refractivity contribution in [2.24, 2.45) is 0 Å². The van der Waals surface area contributed by atoms with E-state index in [-0.39, 0.29) is 11.3 Å². The number of carbonyl (C=O) groups is 1. The standard InChI is InChI=1S/C18H19FO6S/c1-18(2,14-6-4-3-5-7-14)25-16-12-13(8-9-15(16)19)17(20)24-10-11-26(21,22)23/h3-9,12H,10-11H2,1-2H3,(H,21,22,23)/p-1. The molecule has 0 aliphatic heterocycles. The van der Waals surface area contributed by atoms with Gasteiger partial charge in [-0.05, 0) is 37.6 Å². The van der Waals surface area contributed by atoms with Crippen LogP contribution in [0.15, 0.2) is 48.5 Å². The largest absolute Gasteiger partial charge is 0.748 e. The second-order valence-electron chi connectivity index (χ2n) is 6.02. The molecule has 0 aromatic heterocycles. The van der Waals surface area contributed by atoms with Crippen molar-refractivity contribution in [1.29, 1.82) is 0 Å². The maximum atomic E-state index is 14.1. The molecule has 0 aliphatic carbocycles. The fourth-order valence-corrected chi connectivity index (χ4v) is 2.49. The van der Waals surface area contributed by atoms with E-state index in [0.29, 0.717) is 0 Å². The summed E-state index contributed by atoms with van der Waals surface area (Å²) in [4.78, 5) is 11.9. The summed E-state index contributed by atoms with van der Waals surface area (Å²) in [5.41, 5.74) is -0.0667. The van der Waals surface area contributed by atoms with Crippen LogP contribution in [0.3, 0.4) is 0 Å². The molecule has 26 heavy (non-hydrogen) atoms. The molecule has 0 saturated heterocycles. The predicted octanol–water partition coefficient (Wildman–Crippen LogP) is 2.84. The van der Waals surface area contributed by atoms with Gasteiger partial charge in [0.05, 0.1) is 21.4 Å². The topological polar surface area (TPSA) is 92.7 Å². The summed E-state index contributed by atoms with van der Waals surface area (Å²) in [5, 5.41) is 0. The minimum Gasteiger partial charge on any atom is -0.748 e. The van der Waals surface area contributed by atoms with Crippen molar-refractivity contribution in [3.63, 3.8) is 0 Å². The summed E-state index contributed by atoms with van der Waals surface area (Å²) in [6.45, 7) is 2.94. The molecule has 0 spiro atoms. The van der Waals surface area contributed by atoms with E-state index < -0.39 is 39.9 Å². The lowest BCUT2D eigenvalue weighted by atomic mass is 9.98. The summed E-state index contributed by atoms with van der Waals surface area (Å²) in [6.07, 6.45) is 0. The Kier molecular flexibility index (Phi) is 5.99. The zero-order valence-corrected chi connectivity index (χ0v) is 15.1. The van der Waals surface area contributed by atoms with Gasteiger partial charge in [0.2, 0.25) is 0 Å². The molecule has 2 aromatic rings. The number of halogens is 1. The zero-order chi connectivity index (χ0) is 19.4. The highest BCUT2D eigenvalue weighted by molar-refractivity contribution is 7.85. The fraction of sp³-hybridized carbons (Fsp3) is 0.278. The minimum atomic E-state index is -4.48. The Balaban J connectivity index is 2.15. The first-order valence-corrected chi connectivity index (χ1v) is 9.31. The van der Waals surface area contributed by atoms with E-state index >= 15 is 0 Å². The average molecular weight is 381 g/mol. The zero-order valence-electron chi connectivity index (χ0n) is 14.3. The van der Waals surface area contributed by atoms with Crippen molar-refractivity contribution in [3.8, 4) is 5.75 Å². The Morgan fingerprint density at radius 1 is 1.15 bits per heavy atom. The van der Waals surface area contributed by atoms with Gasteiger partial charge in [0.15, 0.2) is 11.6 Å². The molecule has 0 fully saturated rings. The Hall–Kier alpha value is -2.45. The predicted molar refractivity (Wildman–Crippen MR) is 91.3 cm³/mol. The smallest absolute Gasteiger partial charge is 0.338 e. The fourth-order valence-electron chi connectivity index (χ4n) is 2.20. The monoisotopic (exact) mass is 381 g/mol. The lowest BCUT2D eigenvalue weighted by Gasteiger charge is -2.27. The van der Waals surface area contributed by atoms with Crippen molar-refractivity contribution < 1.29 is 31.6 Å². The van der Waals surface area contributed by atoms with Crippen LogP contribution < -0.4 is 4.74 Å². The molecule has 0 saturated carbocycles. The van der Waals surface area contributed by atoms with Crippen molar-refractivity contribution in [2.75, 3.05) is 12.4 Å². The molecule has 0 unspecified atom stereocenters. The Morgan fingerprint density at radius 3 is 2.42 bits per heavy atom. The molecule has 0 bridgehead atoms. The van der Waals surface area contributed by atoms with Gasteiger partial charge in [-0.15, -0.1) is 0 Å². The summed E-state index contributed by atoms with van der Waals surface area (Å²) < 4.78 is 56.1. The molecule has 2 aromatic carbocycles. The highest BCUT2D eigenvalue weighted by Crippen LogP contribution is 2.30. The minimum absolute atomic E-state index is 0.0199. The maximum absolute atomic E-state index is 14.1. The highest BCUT2D eigenvalue weighted by atomic mass is 32.2. The number of hydrogen-bond acceptors (Lipinski definition) is 6. The van der Waals surface area contributed by atoms with Crippen LogP contribution in [0.25, 0.3) is 0 Å². The molecule has 6 nitrogen and oxygen atoms in total. The van der Waals surface area contributed by atoms with Crippen molar-refractivity contribution >= 4 is 16.1 Å². The van der Waals surface area contributed by atoms with Crippen LogP contribution in [0.5, 0.6) is 5.75 Å². The number of esters is 1. The number of benzene rings is 2. The molecule has 0 N–H and O–H groups in total. The number of rotatable bonds is 7. The third-order valence-corrected chi connectivity index (χ3v) is 4.23. The van der Waals surface area contributed by atoms with Gasteiger partial charge in [-0.2, -0.15) is 0 Å².